The minimum atomic E-state index is -0.825. The summed E-state index contributed by atoms with van der Waals surface area (Å²) in [4.78, 5) is 34.7. The van der Waals surface area contributed by atoms with Crippen molar-refractivity contribution in [3.63, 3.8) is 0 Å². The third-order valence-electron chi connectivity index (χ3n) is 2.84. The summed E-state index contributed by atoms with van der Waals surface area (Å²) in [5.74, 6) is -1.38. The van der Waals surface area contributed by atoms with Gasteiger partial charge in [0.25, 0.3) is 0 Å². The van der Waals surface area contributed by atoms with E-state index in [9.17, 15) is 14.4 Å². The van der Waals surface area contributed by atoms with Gasteiger partial charge < -0.3 is 20.6 Å². The molecule has 102 valence electrons. The molecule has 1 fully saturated rings. The van der Waals surface area contributed by atoms with Gasteiger partial charge in [-0.3, -0.25) is 9.59 Å². The molecule has 1 saturated heterocycles. The van der Waals surface area contributed by atoms with E-state index < -0.39 is 11.9 Å². The number of carboxylic acid groups (broad SMARTS) is 1. The molecule has 0 radical (unpaired) electrons. The van der Waals surface area contributed by atoms with Crippen molar-refractivity contribution in [1.82, 2.24) is 15.5 Å². The summed E-state index contributed by atoms with van der Waals surface area (Å²) in [7, 11) is 0. The number of rotatable bonds is 5. The Hall–Kier alpha value is -1.79. The first kappa shape index (κ1) is 14.3. The molecule has 3 N–H and O–H groups in total. The van der Waals surface area contributed by atoms with Gasteiger partial charge in [0.05, 0.1) is 5.92 Å². The summed E-state index contributed by atoms with van der Waals surface area (Å²) in [6.45, 7) is 3.12. The number of hydrogen-bond acceptors (Lipinski definition) is 3. The molecule has 0 spiro atoms. The Morgan fingerprint density at radius 3 is 2.89 bits per heavy atom. The monoisotopic (exact) mass is 257 g/mol. The van der Waals surface area contributed by atoms with Gasteiger partial charge in [-0.15, -0.1) is 0 Å². The van der Waals surface area contributed by atoms with Crippen LogP contribution in [-0.2, 0) is 9.59 Å². The Bertz CT molecular complexity index is 332. The predicted molar refractivity (Wildman–Crippen MR) is 64.0 cm³/mol. The first-order chi connectivity index (χ1) is 8.50. The zero-order valence-electron chi connectivity index (χ0n) is 10.4. The fourth-order valence-corrected chi connectivity index (χ4v) is 1.65. The van der Waals surface area contributed by atoms with Gasteiger partial charge in [-0.1, -0.05) is 6.92 Å². The number of carbonyl (C=O) groups is 3. The average Bonchev–Trinajstić information content (AvgIpc) is 2.33. The molecule has 18 heavy (non-hydrogen) atoms. The van der Waals surface area contributed by atoms with Crippen molar-refractivity contribution in [2.75, 3.05) is 26.2 Å². The first-order valence-corrected chi connectivity index (χ1v) is 6.03. The van der Waals surface area contributed by atoms with Crippen molar-refractivity contribution >= 4 is 17.9 Å². The molecule has 0 aromatic carbocycles. The highest BCUT2D eigenvalue weighted by molar-refractivity contribution is 5.85. The van der Waals surface area contributed by atoms with Crippen LogP contribution < -0.4 is 10.6 Å². The van der Waals surface area contributed by atoms with Crippen molar-refractivity contribution < 1.29 is 19.5 Å². The van der Waals surface area contributed by atoms with Gasteiger partial charge in [0.2, 0.25) is 5.91 Å². The highest BCUT2D eigenvalue weighted by Gasteiger charge is 2.20. The maximum atomic E-state index is 11.6. The standard InChI is InChI=1S/C11H19N3O4/c1-8(10(16)17)3-2-4-13-11(18)14-6-5-12-9(15)7-14/h8H,2-7H2,1H3,(H,12,15)(H,13,18)(H,16,17). The van der Waals surface area contributed by atoms with Crippen LogP contribution in [0.1, 0.15) is 19.8 Å². The molecule has 0 saturated carbocycles. The van der Waals surface area contributed by atoms with Crippen LogP contribution in [0.25, 0.3) is 0 Å². The SMILES string of the molecule is CC(CCCNC(=O)N1CCNC(=O)C1)C(=O)O. The minimum absolute atomic E-state index is 0.0807. The Kier molecular flexibility index (Phi) is 5.41. The zero-order valence-corrected chi connectivity index (χ0v) is 10.4. The van der Waals surface area contributed by atoms with Crippen LogP contribution in [0.5, 0.6) is 0 Å². The van der Waals surface area contributed by atoms with E-state index in [4.69, 9.17) is 5.11 Å². The van der Waals surface area contributed by atoms with E-state index in [1.54, 1.807) is 6.92 Å². The van der Waals surface area contributed by atoms with Crippen molar-refractivity contribution in [3.05, 3.63) is 0 Å². The molecule has 7 heteroatoms. The van der Waals surface area contributed by atoms with Gasteiger partial charge in [-0.2, -0.15) is 0 Å². The molecule has 1 rings (SSSR count). The Labute approximate surface area is 106 Å². The smallest absolute Gasteiger partial charge is 0.317 e. The molecule has 1 aliphatic rings. The van der Waals surface area contributed by atoms with E-state index in [1.807, 2.05) is 0 Å². The van der Waals surface area contributed by atoms with Gasteiger partial charge in [0.1, 0.15) is 6.54 Å². The van der Waals surface area contributed by atoms with Crippen LogP contribution in [0.3, 0.4) is 0 Å². The van der Waals surface area contributed by atoms with Crippen LogP contribution in [-0.4, -0.2) is 54.1 Å². The van der Waals surface area contributed by atoms with E-state index in [-0.39, 0.29) is 18.5 Å². The van der Waals surface area contributed by atoms with Crippen LogP contribution in [0, 0.1) is 5.92 Å². The summed E-state index contributed by atoms with van der Waals surface area (Å²) >= 11 is 0. The summed E-state index contributed by atoms with van der Waals surface area (Å²) in [5, 5.41) is 14.0. The average molecular weight is 257 g/mol. The first-order valence-electron chi connectivity index (χ1n) is 6.03. The second kappa shape index (κ2) is 6.83. The second-order valence-electron chi connectivity index (χ2n) is 4.38. The lowest BCUT2D eigenvalue weighted by Gasteiger charge is -2.26. The molecule has 1 aliphatic heterocycles. The number of nitrogens with one attached hydrogen (secondary N) is 2. The van der Waals surface area contributed by atoms with Gasteiger partial charge in [-0.25, -0.2) is 4.79 Å². The number of piperazine rings is 1. The molecule has 0 aromatic rings. The molecule has 0 bridgehead atoms. The third kappa shape index (κ3) is 4.60. The summed E-state index contributed by atoms with van der Waals surface area (Å²) in [6.07, 6.45) is 1.13. The number of carbonyl (C=O) groups excluding carboxylic acids is 2. The lowest BCUT2D eigenvalue weighted by Crippen LogP contribution is -2.53. The quantitative estimate of drug-likeness (QED) is 0.585. The maximum Gasteiger partial charge on any atom is 0.317 e. The molecule has 0 aromatic heterocycles. The van der Waals surface area contributed by atoms with Crippen LogP contribution in [0.2, 0.25) is 0 Å². The van der Waals surface area contributed by atoms with E-state index in [0.717, 1.165) is 0 Å². The second-order valence-corrected chi connectivity index (χ2v) is 4.38. The van der Waals surface area contributed by atoms with Gasteiger partial charge in [-0.05, 0) is 12.8 Å². The normalized spacial score (nSPS) is 16.9. The summed E-state index contributed by atoms with van der Waals surface area (Å²) in [6, 6.07) is -0.271. The summed E-state index contributed by atoms with van der Waals surface area (Å²) < 4.78 is 0. The zero-order chi connectivity index (χ0) is 13.5. The fourth-order valence-electron chi connectivity index (χ4n) is 1.65. The molecule has 1 unspecified atom stereocenters. The maximum absolute atomic E-state index is 11.6. The summed E-state index contributed by atoms with van der Waals surface area (Å²) in [5.41, 5.74) is 0. The number of nitrogens with zero attached hydrogens (tertiary/aromatic N) is 1. The Morgan fingerprint density at radius 1 is 1.56 bits per heavy atom. The highest BCUT2D eigenvalue weighted by Crippen LogP contribution is 2.04. The van der Waals surface area contributed by atoms with Gasteiger partial charge in [0, 0.05) is 19.6 Å². The molecule has 0 aliphatic carbocycles. The lowest BCUT2D eigenvalue weighted by atomic mass is 10.1. The van der Waals surface area contributed by atoms with Crippen molar-refractivity contribution in [2.24, 2.45) is 5.92 Å². The van der Waals surface area contributed by atoms with Crippen LogP contribution in [0.15, 0.2) is 0 Å². The highest BCUT2D eigenvalue weighted by atomic mass is 16.4. The van der Waals surface area contributed by atoms with Gasteiger partial charge >= 0.3 is 12.0 Å². The van der Waals surface area contributed by atoms with Crippen molar-refractivity contribution in [2.45, 2.75) is 19.8 Å². The number of urea groups is 1. The van der Waals surface area contributed by atoms with Crippen LogP contribution in [0.4, 0.5) is 4.79 Å². The fraction of sp³-hybridized carbons (Fsp3) is 0.727. The topological polar surface area (TPSA) is 98.7 Å². The largest absolute Gasteiger partial charge is 0.481 e. The predicted octanol–water partition coefficient (Wildman–Crippen LogP) is -0.371. The molecule has 1 atom stereocenters. The van der Waals surface area contributed by atoms with Crippen molar-refractivity contribution in [1.29, 1.82) is 0 Å². The lowest BCUT2D eigenvalue weighted by molar-refractivity contribution is -0.141. The van der Waals surface area contributed by atoms with Crippen molar-refractivity contribution in [3.8, 4) is 0 Å². The van der Waals surface area contributed by atoms with E-state index in [1.165, 1.54) is 4.90 Å². The van der Waals surface area contributed by atoms with Crippen LogP contribution >= 0.6 is 0 Å². The third-order valence-corrected chi connectivity index (χ3v) is 2.84. The van der Waals surface area contributed by atoms with E-state index in [2.05, 4.69) is 10.6 Å². The van der Waals surface area contributed by atoms with Gasteiger partial charge in [0.15, 0.2) is 0 Å². The molecule has 3 amide bonds. The minimum Gasteiger partial charge on any atom is -0.481 e. The number of amides is 3. The van der Waals surface area contributed by atoms with E-state index >= 15 is 0 Å². The van der Waals surface area contributed by atoms with E-state index in [0.29, 0.717) is 32.5 Å². The number of carboxylic acids is 1. The number of aliphatic carboxylic acids is 1. The molecule has 1 heterocycles. The Balaban J connectivity index is 2.17. The molecule has 7 nitrogen and oxygen atoms in total. The molecular formula is C11H19N3O4. The number of hydrogen-bond donors (Lipinski definition) is 3. The Morgan fingerprint density at radius 2 is 2.28 bits per heavy atom. The molecular weight excluding hydrogens is 238 g/mol.